The summed E-state index contributed by atoms with van der Waals surface area (Å²) < 4.78 is 27.9. The molecular weight excluding hydrogens is 372 g/mol. The summed E-state index contributed by atoms with van der Waals surface area (Å²) in [5.41, 5.74) is 3.10. The highest BCUT2D eigenvalue weighted by atomic mass is 32.2. The molecule has 1 aliphatic rings. The van der Waals surface area contributed by atoms with E-state index < -0.39 is 10.0 Å². The molecule has 5 nitrogen and oxygen atoms in total. The second kappa shape index (κ2) is 8.88. The van der Waals surface area contributed by atoms with Crippen LogP contribution in [0.2, 0.25) is 0 Å². The molecule has 150 valence electrons. The quantitative estimate of drug-likeness (QED) is 0.830. The standard InChI is InChI=1S/C22H28N2O3S/c1-17-7-8-18(2)21(15-17)28(26,27)23-16-19-9-11-20(12-10-19)22(25)24-13-5-3-4-6-14-24/h7-12,15,23H,3-6,13-14,16H2,1-2H3. The predicted molar refractivity (Wildman–Crippen MR) is 111 cm³/mol. The van der Waals surface area contributed by atoms with Crippen molar-refractivity contribution in [3.63, 3.8) is 0 Å². The number of hydrogen-bond donors (Lipinski definition) is 1. The van der Waals surface area contributed by atoms with Crippen LogP contribution in [0.3, 0.4) is 0 Å². The van der Waals surface area contributed by atoms with Crippen molar-refractivity contribution in [1.82, 2.24) is 9.62 Å². The lowest BCUT2D eigenvalue weighted by molar-refractivity contribution is 0.0761. The van der Waals surface area contributed by atoms with Gasteiger partial charge in [-0.1, -0.05) is 37.1 Å². The Bertz CT molecular complexity index is 929. The third-order valence-electron chi connectivity index (χ3n) is 5.19. The Balaban J connectivity index is 1.65. The van der Waals surface area contributed by atoms with Gasteiger partial charge in [0.15, 0.2) is 0 Å². The molecular formula is C22H28N2O3S. The zero-order valence-electron chi connectivity index (χ0n) is 16.6. The first kappa shape index (κ1) is 20.6. The summed E-state index contributed by atoms with van der Waals surface area (Å²) in [5.74, 6) is 0.0596. The largest absolute Gasteiger partial charge is 0.339 e. The molecule has 0 aliphatic carbocycles. The van der Waals surface area contributed by atoms with Crippen LogP contribution in [-0.2, 0) is 16.6 Å². The minimum atomic E-state index is -3.58. The van der Waals surface area contributed by atoms with Crippen molar-refractivity contribution in [1.29, 1.82) is 0 Å². The van der Waals surface area contributed by atoms with Crippen LogP contribution in [-0.4, -0.2) is 32.3 Å². The first-order chi connectivity index (χ1) is 13.4. The highest BCUT2D eigenvalue weighted by molar-refractivity contribution is 7.89. The summed E-state index contributed by atoms with van der Waals surface area (Å²) in [4.78, 5) is 14.9. The number of rotatable bonds is 5. The van der Waals surface area contributed by atoms with Gasteiger partial charge in [-0.05, 0) is 61.6 Å². The summed E-state index contributed by atoms with van der Waals surface area (Å²) in [5, 5.41) is 0. The van der Waals surface area contributed by atoms with Gasteiger partial charge in [-0.3, -0.25) is 4.79 Å². The summed E-state index contributed by atoms with van der Waals surface area (Å²) in [6.45, 7) is 5.48. The van der Waals surface area contributed by atoms with Crippen molar-refractivity contribution in [3.05, 3.63) is 64.7 Å². The Morgan fingerprint density at radius 3 is 2.25 bits per heavy atom. The van der Waals surface area contributed by atoms with E-state index in [0.717, 1.165) is 42.6 Å². The topological polar surface area (TPSA) is 66.5 Å². The number of amides is 1. The van der Waals surface area contributed by atoms with E-state index in [4.69, 9.17) is 0 Å². The van der Waals surface area contributed by atoms with E-state index in [-0.39, 0.29) is 12.5 Å². The Labute approximate surface area is 167 Å². The molecule has 1 saturated heterocycles. The third-order valence-corrected chi connectivity index (χ3v) is 6.74. The number of likely N-dealkylation sites (tertiary alicyclic amines) is 1. The van der Waals surface area contributed by atoms with Gasteiger partial charge in [-0.25, -0.2) is 13.1 Å². The zero-order valence-corrected chi connectivity index (χ0v) is 17.4. The maximum absolute atomic E-state index is 12.6. The van der Waals surface area contributed by atoms with Gasteiger partial charge in [0.1, 0.15) is 0 Å². The van der Waals surface area contributed by atoms with Gasteiger partial charge >= 0.3 is 0 Å². The minimum absolute atomic E-state index is 0.0596. The van der Waals surface area contributed by atoms with Crippen LogP contribution in [0.15, 0.2) is 47.4 Å². The van der Waals surface area contributed by atoms with E-state index in [1.54, 1.807) is 25.1 Å². The molecule has 1 heterocycles. The molecule has 1 amide bonds. The Morgan fingerprint density at radius 2 is 1.61 bits per heavy atom. The summed E-state index contributed by atoms with van der Waals surface area (Å²) in [7, 11) is -3.58. The zero-order chi connectivity index (χ0) is 20.1. The second-order valence-electron chi connectivity index (χ2n) is 7.50. The maximum atomic E-state index is 12.6. The van der Waals surface area contributed by atoms with Crippen LogP contribution in [0.5, 0.6) is 0 Å². The molecule has 3 rings (SSSR count). The predicted octanol–water partition coefficient (Wildman–Crippen LogP) is 3.80. The first-order valence-corrected chi connectivity index (χ1v) is 11.3. The summed E-state index contributed by atoms with van der Waals surface area (Å²) in [6, 6.07) is 12.6. The Hall–Kier alpha value is -2.18. The van der Waals surface area contributed by atoms with Crippen LogP contribution in [0.4, 0.5) is 0 Å². The molecule has 2 aromatic carbocycles. The molecule has 0 spiro atoms. The molecule has 6 heteroatoms. The van der Waals surface area contributed by atoms with E-state index in [1.807, 2.05) is 36.1 Å². The average Bonchev–Trinajstić information content (AvgIpc) is 2.97. The van der Waals surface area contributed by atoms with Crippen molar-refractivity contribution in [2.45, 2.75) is 51.0 Å². The molecule has 0 radical (unpaired) electrons. The number of benzene rings is 2. The smallest absolute Gasteiger partial charge is 0.253 e. The van der Waals surface area contributed by atoms with Gasteiger partial charge in [0.2, 0.25) is 10.0 Å². The fourth-order valence-corrected chi connectivity index (χ4v) is 4.82. The highest BCUT2D eigenvalue weighted by Crippen LogP contribution is 2.18. The number of nitrogens with zero attached hydrogens (tertiary/aromatic N) is 1. The van der Waals surface area contributed by atoms with Crippen LogP contribution in [0, 0.1) is 13.8 Å². The number of sulfonamides is 1. The van der Waals surface area contributed by atoms with E-state index >= 15 is 0 Å². The van der Waals surface area contributed by atoms with Gasteiger partial charge in [-0.2, -0.15) is 0 Å². The fraction of sp³-hybridized carbons (Fsp3) is 0.409. The highest BCUT2D eigenvalue weighted by Gasteiger charge is 2.18. The molecule has 28 heavy (non-hydrogen) atoms. The van der Waals surface area contributed by atoms with Gasteiger partial charge in [0, 0.05) is 25.2 Å². The van der Waals surface area contributed by atoms with E-state index in [0.29, 0.717) is 10.5 Å². The van der Waals surface area contributed by atoms with E-state index in [2.05, 4.69) is 4.72 Å². The molecule has 0 atom stereocenters. The number of nitrogens with one attached hydrogen (secondary N) is 1. The lowest BCUT2D eigenvalue weighted by Crippen LogP contribution is -2.31. The van der Waals surface area contributed by atoms with E-state index in [1.165, 1.54) is 12.8 Å². The number of aryl methyl sites for hydroxylation is 2. The molecule has 1 aliphatic heterocycles. The summed E-state index contributed by atoms with van der Waals surface area (Å²) >= 11 is 0. The van der Waals surface area contributed by atoms with E-state index in [9.17, 15) is 13.2 Å². The van der Waals surface area contributed by atoms with Crippen molar-refractivity contribution >= 4 is 15.9 Å². The van der Waals surface area contributed by atoms with Crippen molar-refractivity contribution in [2.24, 2.45) is 0 Å². The lowest BCUT2D eigenvalue weighted by Gasteiger charge is -2.20. The molecule has 1 N–H and O–H groups in total. The number of hydrogen-bond acceptors (Lipinski definition) is 3. The lowest BCUT2D eigenvalue weighted by atomic mass is 10.1. The molecule has 0 bridgehead atoms. The molecule has 1 fully saturated rings. The van der Waals surface area contributed by atoms with Crippen LogP contribution in [0.25, 0.3) is 0 Å². The minimum Gasteiger partial charge on any atom is -0.339 e. The van der Waals surface area contributed by atoms with Gasteiger partial charge < -0.3 is 4.90 Å². The van der Waals surface area contributed by atoms with Crippen molar-refractivity contribution in [2.75, 3.05) is 13.1 Å². The molecule has 0 saturated carbocycles. The third kappa shape index (κ3) is 5.00. The van der Waals surface area contributed by atoms with Gasteiger partial charge in [0.05, 0.1) is 4.90 Å². The first-order valence-electron chi connectivity index (χ1n) is 9.82. The van der Waals surface area contributed by atoms with Gasteiger partial charge in [0.25, 0.3) is 5.91 Å². The van der Waals surface area contributed by atoms with Crippen molar-refractivity contribution < 1.29 is 13.2 Å². The van der Waals surface area contributed by atoms with Gasteiger partial charge in [-0.15, -0.1) is 0 Å². The maximum Gasteiger partial charge on any atom is 0.253 e. The normalized spacial score (nSPS) is 15.3. The molecule has 2 aromatic rings. The average molecular weight is 401 g/mol. The fourth-order valence-electron chi connectivity index (χ4n) is 3.47. The van der Waals surface area contributed by atoms with Crippen LogP contribution < -0.4 is 4.72 Å². The van der Waals surface area contributed by atoms with Crippen LogP contribution in [0.1, 0.15) is 52.7 Å². The number of carbonyl (C=O) groups excluding carboxylic acids is 1. The summed E-state index contributed by atoms with van der Waals surface area (Å²) in [6.07, 6.45) is 4.49. The Morgan fingerprint density at radius 1 is 0.964 bits per heavy atom. The van der Waals surface area contributed by atoms with Crippen molar-refractivity contribution in [3.8, 4) is 0 Å². The SMILES string of the molecule is Cc1ccc(C)c(S(=O)(=O)NCc2ccc(C(=O)N3CCCCCC3)cc2)c1. The monoisotopic (exact) mass is 400 g/mol. The molecule has 0 unspecified atom stereocenters. The van der Waals surface area contributed by atoms with Crippen LogP contribution >= 0.6 is 0 Å². The molecule has 0 aromatic heterocycles. The Kier molecular flexibility index (Phi) is 6.52. The number of carbonyl (C=O) groups is 1. The second-order valence-corrected chi connectivity index (χ2v) is 9.23.